The molecule has 6 heteroatoms. The number of fused-ring (bicyclic) bond motifs is 2. The largest absolute Gasteiger partial charge is 0.349 e. The molecule has 1 aliphatic carbocycles. The van der Waals surface area contributed by atoms with Gasteiger partial charge >= 0.3 is 0 Å². The third kappa shape index (κ3) is 4.71. The third-order valence-electron chi connectivity index (χ3n) is 6.05. The molecule has 1 amide bonds. The van der Waals surface area contributed by atoms with Gasteiger partial charge in [0.2, 0.25) is 5.91 Å². The van der Waals surface area contributed by atoms with Gasteiger partial charge in [-0.2, -0.15) is 0 Å². The SMILES string of the molecule is O=C(CSc1nc2ccccc2c(=O)n1Cc1ccccc1)N[C@@H]1CCCc2ccccc21. The fourth-order valence-corrected chi connectivity index (χ4v) is 5.24. The summed E-state index contributed by atoms with van der Waals surface area (Å²) in [6.45, 7) is 0.414. The van der Waals surface area contributed by atoms with Crippen LogP contribution in [-0.4, -0.2) is 21.2 Å². The van der Waals surface area contributed by atoms with E-state index >= 15 is 0 Å². The molecule has 5 rings (SSSR count). The van der Waals surface area contributed by atoms with Crippen molar-refractivity contribution in [3.8, 4) is 0 Å². The lowest BCUT2D eigenvalue weighted by Gasteiger charge is -2.26. The monoisotopic (exact) mass is 455 g/mol. The minimum atomic E-state index is -0.0893. The fraction of sp³-hybridized carbons (Fsp3) is 0.222. The minimum absolute atomic E-state index is 0.0409. The third-order valence-corrected chi connectivity index (χ3v) is 7.02. The maximum atomic E-state index is 13.3. The molecule has 0 saturated heterocycles. The first kappa shape index (κ1) is 21.5. The Balaban J connectivity index is 1.38. The summed E-state index contributed by atoms with van der Waals surface area (Å²) in [6, 6.07) is 25.6. The average Bonchev–Trinajstić information content (AvgIpc) is 2.86. The van der Waals surface area contributed by atoms with Crippen molar-refractivity contribution in [3.05, 3.63) is 106 Å². The van der Waals surface area contributed by atoms with Gasteiger partial charge in [-0.3, -0.25) is 14.2 Å². The van der Waals surface area contributed by atoms with Gasteiger partial charge in [0.15, 0.2) is 5.16 Å². The molecule has 1 heterocycles. The summed E-state index contributed by atoms with van der Waals surface area (Å²) in [4.78, 5) is 30.9. The molecule has 3 aromatic carbocycles. The van der Waals surface area contributed by atoms with Crippen molar-refractivity contribution in [2.75, 3.05) is 5.75 Å². The van der Waals surface area contributed by atoms with Crippen LogP contribution in [0.4, 0.5) is 0 Å². The first-order valence-corrected chi connectivity index (χ1v) is 12.2. The quantitative estimate of drug-likeness (QED) is 0.337. The summed E-state index contributed by atoms with van der Waals surface area (Å²) in [5, 5.41) is 4.33. The van der Waals surface area contributed by atoms with Crippen LogP contribution in [0, 0.1) is 0 Å². The number of hydrogen-bond donors (Lipinski definition) is 1. The van der Waals surface area contributed by atoms with Gasteiger partial charge in [-0.05, 0) is 48.1 Å². The second-order valence-corrected chi connectivity index (χ2v) is 9.23. The zero-order valence-corrected chi connectivity index (χ0v) is 19.1. The molecule has 0 unspecified atom stereocenters. The fourth-order valence-electron chi connectivity index (χ4n) is 4.43. The normalized spacial score (nSPS) is 15.2. The van der Waals surface area contributed by atoms with Crippen molar-refractivity contribution in [2.45, 2.75) is 37.0 Å². The molecular formula is C27H25N3O2S. The molecule has 33 heavy (non-hydrogen) atoms. The van der Waals surface area contributed by atoms with Crippen molar-refractivity contribution in [3.63, 3.8) is 0 Å². The van der Waals surface area contributed by atoms with Gasteiger partial charge in [0.1, 0.15) is 0 Å². The lowest BCUT2D eigenvalue weighted by Crippen LogP contribution is -2.32. The number of nitrogens with one attached hydrogen (secondary N) is 1. The number of aromatic nitrogens is 2. The molecule has 5 nitrogen and oxygen atoms in total. The van der Waals surface area contributed by atoms with Crippen LogP contribution in [0.3, 0.4) is 0 Å². The lowest BCUT2D eigenvalue weighted by atomic mass is 9.88. The molecule has 1 aliphatic rings. The highest BCUT2D eigenvalue weighted by molar-refractivity contribution is 7.99. The Hall–Kier alpha value is -3.38. The predicted octanol–water partition coefficient (Wildman–Crippen LogP) is 4.73. The molecule has 0 saturated carbocycles. The predicted molar refractivity (Wildman–Crippen MR) is 133 cm³/mol. The summed E-state index contributed by atoms with van der Waals surface area (Å²) >= 11 is 1.31. The van der Waals surface area contributed by atoms with Crippen LogP contribution in [0.5, 0.6) is 0 Å². The van der Waals surface area contributed by atoms with E-state index in [9.17, 15) is 9.59 Å². The number of hydrogen-bond acceptors (Lipinski definition) is 4. The molecule has 0 radical (unpaired) electrons. The van der Waals surface area contributed by atoms with Crippen LogP contribution in [-0.2, 0) is 17.8 Å². The van der Waals surface area contributed by atoms with E-state index in [1.165, 1.54) is 22.9 Å². The van der Waals surface area contributed by atoms with Crippen molar-refractivity contribution in [1.29, 1.82) is 0 Å². The molecule has 1 aromatic heterocycles. The number of benzene rings is 3. The van der Waals surface area contributed by atoms with Crippen LogP contribution in [0.1, 0.15) is 35.6 Å². The maximum Gasteiger partial charge on any atom is 0.262 e. The summed E-state index contributed by atoms with van der Waals surface area (Å²) in [6.07, 6.45) is 3.07. The number of nitrogens with zero attached hydrogens (tertiary/aromatic N) is 2. The van der Waals surface area contributed by atoms with Crippen LogP contribution in [0.2, 0.25) is 0 Å². The average molecular weight is 456 g/mol. The summed E-state index contributed by atoms with van der Waals surface area (Å²) in [5.74, 6) is 0.161. The van der Waals surface area contributed by atoms with E-state index in [1.54, 1.807) is 10.6 Å². The number of thioether (sulfide) groups is 1. The smallest absolute Gasteiger partial charge is 0.262 e. The Morgan fingerprint density at radius 2 is 1.76 bits per heavy atom. The van der Waals surface area contributed by atoms with Crippen LogP contribution < -0.4 is 10.9 Å². The Kier molecular flexibility index (Phi) is 6.26. The molecule has 0 aliphatic heterocycles. The zero-order chi connectivity index (χ0) is 22.6. The summed E-state index contributed by atoms with van der Waals surface area (Å²) in [7, 11) is 0. The molecule has 0 fully saturated rings. The number of carbonyl (C=O) groups is 1. The van der Waals surface area contributed by atoms with Crippen molar-refractivity contribution >= 4 is 28.6 Å². The van der Waals surface area contributed by atoms with Gasteiger partial charge in [-0.1, -0.05) is 78.5 Å². The summed E-state index contributed by atoms with van der Waals surface area (Å²) < 4.78 is 1.67. The maximum absolute atomic E-state index is 13.3. The number of aryl methyl sites for hydroxylation is 1. The number of rotatable bonds is 6. The van der Waals surface area contributed by atoms with Gasteiger partial charge in [0, 0.05) is 0 Å². The van der Waals surface area contributed by atoms with Crippen molar-refractivity contribution < 1.29 is 4.79 Å². The van der Waals surface area contributed by atoms with E-state index in [0.717, 1.165) is 24.8 Å². The van der Waals surface area contributed by atoms with Crippen molar-refractivity contribution in [2.24, 2.45) is 0 Å². The van der Waals surface area contributed by atoms with E-state index < -0.39 is 0 Å². The minimum Gasteiger partial charge on any atom is -0.349 e. The van der Waals surface area contributed by atoms with Gasteiger partial charge in [-0.25, -0.2) is 4.98 Å². The van der Waals surface area contributed by atoms with Gasteiger partial charge in [0.05, 0.1) is 29.2 Å². The molecule has 4 aromatic rings. The highest BCUT2D eigenvalue weighted by Gasteiger charge is 2.22. The van der Waals surface area contributed by atoms with Crippen LogP contribution >= 0.6 is 11.8 Å². The Bertz CT molecular complexity index is 1350. The van der Waals surface area contributed by atoms with E-state index in [-0.39, 0.29) is 23.3 Å². The Morgan fingerprint density at radius 1 is 1.00 bits per heavy atom. The highest BCUT2D eigenvalue weighted by atomic mass is 32.2. The van der Waals surface area contributed by atoms with Crippen molar-refractivity contribution in [1.82, 2.24) is 14.9 Å². The van der Waals surface area contributed by atoms with Crippen LogP contribution in [0.15, 0.2) is 88.8 Å². The Labute approximate surface area is 196 Å². The second kappa shape index (κ2) is 9.63. The Morgan fingerprint density at radius 3 is 2.64 bits per heavy atom. The number of amides is 1. The van der Waals surface area contributed by atoms with Gasteiger partial charge in [-0.15, -0.1) is 0 Å². The van der Waals surface area contributed by atoms with E-state index in [1.807, 2.05) is 54.6 Å². The molecular weight excluding hydrogens is 430 g/mol. The molecule has 166 valence electrons. The molecule has 0 bridgehead atoms. The van der Waals surface area contributed by atoms with E-state index in [2.05, 4.69) is 23.5 Å². The first-order valence-electron chi connectivity index (χ1n) is 11.2. The molecule has 1 atom stereocenters. The topological polar surface area (TPSA) is 64.0 Å². The first-order chi connectivity index (χ1) is 16.2. The molecule has 0 spiro atoms. The second-order valence-electron chi connectivity index (χ2n) is 8.29. The highest BCUT2D eigenvalue weighted by Crippen LogP contribution is 2.29. The zero-order valence-electron chi connectivity index (χ0n) is 18.2. The standard InChI is InChI=1S/C27H25N3O2S/c31-25(28-23-16-8-12-20-11-4-5-13-21(20)23)18-33-27-29-24-15-7-6-14-22(24)26(32)30(27)17-19-9-2-1-3-10-19/h1-7,9-11,13-15,23H,8,12,16-18H2,(H,28,31)/t23-/m1/s1. The summed E-state index contributed by atoms with van der Waals surface area (Å²) in [5.41, 5.74) is 4.10. The van der Waals surface area contributed by atoms with Gasteiger partial charge < -0.3 is 5.32 Å². The number of para-hydroxylation sites is 1. The number of carbonyl (C=O) groups excluding carboxylic acids is 1. The molecule has 1 N–H and O–H groups in total. The van der Waals surface area contributed by atoms with Gasteiger partial charge in [0.25, 0.3) is 5.56 Å². The van der Waals surface area contributed by atoms with E-state index in [4.69, 9.17) is 4.98 Å². The lowest BCUT2D eigenvalue weighted by molar-refractivity contribution is -0.119. The van der Waals surface area contributed by atoms with Crippen LogP contribution in [0.25, 0.3) is 10.9 Å². The van der Waals surface area contributed by atoms with E-state index in [0.29, 0.717) is 22.6 Å².